The summed E-state index contributed by atoms with van der Waals surface area (Å²) in [6, 6.07) is 0. The molecule has 0 spiro atoms. The van der Waals surface area contributed by atoms with E-state index in [4.69, 9.17) is 9.11 Å². The smallest absolute Gasteiger partial charge is 0.284 e. The summed E-state index contributed by atoms with van der Waals surface area (Å²) in [6.07, 6.45) is 1.51. The van der Waals surface area contributed by atoms with E-state index >= 15 is 0 Å². The molecule has 2 N–H and O–H groups in total. The van der Waals surface area contributed by atoms with Crippen molar-refractivity contribution in [2.75, 3.05) is 13.2 Å². The van der Waals surface area contributed by atoms with E-state index in [9.17, 15) is 12.6 Å². The lowest BCUT2D eigenvalue weighted by Gasteiger charge is -2.00. The first-order chi connectivity index (χ1) is 6.42. The Morgan fingerprint density at radius 2 is 1.71 bits per heavy atom. The van der Waals surface area contributed by atoms with E-state index in [1.54, 1.807) is 0 Å². The van der Waals surface area contributed by atoms with Gasteiger partial charge in [0.1, 0.15) is 0 Å². The van der Waals surface area contributed by atoms with Gasteiger partial charge < -0.3 is 0 Å². The van der Waals surface area contributed by atoms with E-state index in [0.29, 0.717) is 19.3 Å². The van der Waals surface area contributed by atoms with Crippen molar-refractivity contribution in [1.29, 1.82) is 0 Å². The molecule has 1 unspecified atom stereocenters. The molecular formula is C5H12O7S2. The summed E-state index contributed by atoms with van der Waals surface area (Å²) in [6.45, 7) is 0.00995. The van der Waals surface area contributed by atoms with Gasteiger partial charge in [0.25, 0.3) is 0 Å². The molecule has 0 saturated heterocycles. The van der Waals surface area contributed by atoms with E-state index < -0.39 is 21.8 Å². The summed E-state index contributed by atoms with van der Waals surface area (Å²) < 4.78 is 54.7. The Balaban J connectivity index is 3.19. The highest BCUT2D eigenvalue weighted by molar-refractivity contribution is 7.80. The van der Waals surface area contributed by atoms with Crippen molar-refractivity contribution >= 4 is 21.8 Å². The Labute approximate surface area is 84.9 Å². The molecule has 0 fully saturated rings. The van der Waals surface area contributed by atoms with E-state index in [1.165, 1.54) is 0 Å². The molecule has 0 aliphatic rings. The fourth-order valence-electron chi connectivity index (χ4n) is 0.675. The van der Waals surface area contributed by atoms with Crippen LogP contribution >= 0.6 is 0 Å². The molecule has 0 heterocycles. The topological polar surface area (TPSA) is 110 Å². The van der Waals surface area contributed by atoms with Crippen LogP contribution in [0, 0.1) is 0 Å². The fourth-order valence-corrected chi connectivity index (χ4v) is 1.26. The number of hydrogen-bond acceptors (Lipinski definition) is 5. The summed E-state index contributed by atoms with van der Waals surface area (Å²) in [5.74, 6) is 0. The lowest BCUT2D eigenvalue weighted by molar-refractivity contribution is 0.254. The van der Waals surface area contributed by atoms with Crippen molar-refractivity contribution < 1.29 is 30.1 Å². The Morgan fingerprint density at radius 3 is 2.21 bits per heavy atom. The molecule has 0 bridgehead atoms. The molecule has 0 rings (SSSR count). The molecule has 0 saturated carbocycles. The zero-order valence-corrected chi connectivity index (χ0v) is 8.92. The minimum absolute atomic E-state index is 0.110. The van der Waals surface area contributed by atoms with Crippen LogP contribution in [0.2, 0.25) is 0 Å². The molecule has 0 aromatic heterocycles. The molecule has 0 aliphatic carbocycles. The van der Waals surface area contributed by atoms with Crippen LogP contribution in [0.4, 0.5) is 0 Å². The maximum atomic E-state index is 10.0. The van der Waals surface area contributed by atoms with Gasteiger partial charge in [-0.05, 0) is 19.3 Å². The summed E-state index contributed by atoms with van der Waals surface area (Å²) in [5, 5.41) is 0. The van der Waals surface area contributed by atoms with Gasteiger partial charge in [-0.1, -0.05) is 0 Å². The highest BCUT2D eigenvalue weighted by Gasteiger charge is 2.02. The Hall–Kier alpha value is -0.0600. The molecule has 14 heavy (non-hydrogen) atoms. The van der Waals surface area contributed by atoms with Gasteiger partial charge in [-0.3, -0.25) is 13.3 Å². The molecule has 9 heteroatoms. The van der Waals surface area contributed by atoms with E-state index in [-0.39, 0.29) is 13.2 Å². The average molecular weight is 248 g/mol. The summed E-state index contributed by atoms with van der Waals surface area (Å²) in [7, 11) is -4.35. The van der Waals surface area contributed by atoms with Crippen LogP contribution in [0.1, 0.15) is 19.3 Å². The van der Waals surface area contributed by atoms with Gasteiger partial charge in [0.2, 0.25) is 0 Å². The zero-order valence-electron chi connectivity index (χ0n) is 7.29. The average Bonchev–Trinajstić information content (AvgIpc) is 2.00. The molecule has 0 aliphatic heterocycles. The zero-order chi connectivity index (χ0) is 11.0. The number of rotatable bonds is 8. The molecule has 0 amide bonds. The van der Waals surface area contributed by atoms with Gasteiger partial charge in [0.05, 0.1) is 13.2 Å². The Morgan fingerprint density at radius 1 is 1.14 bits per heavy atom. The van der Waals surface area contributed by atoms with Gasteiger partial charge in [-0.25, -0.2) is 4.18 Å². The van der Waals surface area contributed by atoms with Gasteiger partial charge in [0.15, 0.2) is 0 Å². The summed E-state index contributed by atoms with van der Waals surface area (Å²) in [5.41, 5.74) is 0. The SMILES string of the molecule is O=S(O)OCCCCCOS(=O)(=O)O. The first kappa shape index (κ1) is 13.9. The second kappa shape index (κ2) is 7.26. The maximum Gasteiger partial charge on any atom is 0.397 e. The quantitative estimate of drug-likeness (QED) is 0.357. The van der Waals surface area contributed by atoms with E-state index in [0.717, 1.165) is 0 Å². The number of hydrogen-bond donors (Lipinski definition) is 2. The Bertz CT molecular complexity index is 259. The third-order valence-electron chi connectivity index (χ3n) is 1.21. The van der Waals surface area contributed by atoms with Crippen molar-refractivity contribution in [2.45, 2.75) is 19.3 Å². The van der Waals surface area contributed by atoms with Crippen molar-refractivity contribution in [3.63, 3.8) is 0 Å². The lowest BCUT2D eigenvalue weighted by atomic mass is 10.2. The molecule has 0 aromatic rings. The number of unbranched alkanes of at least 4 members (excludes halogenated alkanes) is 2. The first-order valence-electron chi connectivity index (χ1n) is 3.78. The van der Waals surface area contributed by atoms with Crippen LogP contribution in [0.5, 0.6) is 0 Å². The second-order valence-electron chi connectivity index (χ2n) is 2.35. The van der Waals surface area contributed by atoms with Crippen LogP contribution in [0.15, 0.2) is 0 Å². The van der Waals surface area contributed by atoms with Gasteiger partial charge in [-0.2, -0.15) is 12.6 Å². The van der Waals surface area contributed by atoms with E-state index in [2.05, 4.69) is 8.37 Å². The van der Waals surface area contributed by atoms with Crippen LogP contribution < -0.4 is 0 Å². The predicted molar refractivity (Wildman–Crippen MR) is 48.1 cm³/mol. The first-order valence-corrected chi connectivity index (χ1v) is 6.17. The van der Waals surface area contributed by atoms with Gasteiger partial charge in [-0.15, -0.1) is 0 Å². The summed E-state index contributed by atoms with van der Waals surface area (Å²) in [4.78, 5) is 0. The minimum Gasteiger partial charge on any atom is -0.284 e. The van der Waals surface area contributed by atoms with Crippen LogP contribution in [-0.2, 0) is 30.1 Å². The molecule has 7 nitrogen and oxygen atoms in total. The van der Waals surface area contributed by atoms with Crippen LogP contribution in [-0.4, -0.2) is 34.9 Å². The highest BCUT2D eigenvalue weighted by atomic mass is 32.3. The van der Waals surface area contributed by atoms with Crippen molar-refractivity contribution in [3.05, 3.63) is 0 Å². The normalized spacial score (nSPS) is 14.1. The molecule has 86 valence electrons. The lowest BCUT2D eigenvalue weighted by Crippen LogP contribution is -2.05. The van der Waals surface area contributed by atoms with Crippen molar-refractivity contribution in [1.82, 2.24) is 0 Å². The minimum atomic E-state index is -4.35. The highest BCUT2D eigenvalue weighted by Crippen LogP contribution is 1.98. The van der Waals surface area contributed by atoms with Crippen LogP contribution in [0.25, 0.3) is 0 Å². The maximum absolute atomic E-state index is 10.0. The fraction of sp³-hybridized carbons (Fsp3) is 1.00. The molecule has 1 atom stereocenters. The van der Waals surface area contributed by atoms with Crippen molar-refractivity contribution in [2.24, 2.45) is 0 Å². The second-order valence-corrected chi connectivity index (χ2v) is 4.11. The molecule has 0 aromatic carbocycles. The van der Waals surface area contributed by atoms with Crippen molar-refractivity contribution in [3.8, 4) is 0 Å². The van der Waals surface area contributed by atoms with E-state index in [1.807, 2.05) is 0 Å². The summed E-state index contributed by atoms with van der Waals surface area (Å²) >= 11 is -2.25. The Kier molecular flexibility index (Phi) is 7.23. The third-order valence-corrected chi connectivity index (χ3v) is 2.04. The standard InChI is InChI=1S/C5H12O7S2/c6-13(7)11-4-2-1-3-5-12-14(8,9)10/h1-5H2,(H,6,7)(H,8,9,10). The van der Waals surface area contributed by atoms with Gasteiger partial charge in [0, 0.05) is 0 Å². The molecular weight excluding hydrogens is 236 g/mol. The van der Waals surface area contributed by atoms with Gasteiger partial charge >= 0.3 is 21.8 Å². The largest absolute Gasteiger partial charge is 0.397 e. The third kappa shape index (κ3) is 11.9. The predicted octanol–water partition coefficient (Wildman–Crippen LogP) is 0.129. The van der Waals surface area contributed by atoms with Crippen LogP contribution in [0.3, 0.4) is 0 Å². The monoisotopic (exact) mass is 248 g/mol. The molecule has 0 radical (unpaired) electrons.